The number of hydrogen-bond acceptors (Lipinski definition) is 6. The highest BCUT2D eigenvalue weighted by molar-refractivity contribution is 5.71. The summed E-state index contributed by atoms with van der Waals surface area (Å²) in [6.45, 7) is 9.01. The number of hydrogen-bond donors (Lipinski definition) is 0. The van der Waals surface area contributed by atoms with E-state index in [0.29, 0.717) is 19.3 Å². The van der Waals surface area contributed by atoms with Gasteiger partial charge in [-0.25, -0.2) is 0 Å². The minimum absolute atomic E-state index is 0.0628. The second-order valence-corrected chi connectivity index (χ2v) is 18.3. The molecule has 344 valence electrons. The Hall–Kier alpha value is -1.59. The van der Waals surface area contributed by atoms with Crippen LogP contribution in [0.2, 0.25) is 0 Å². The van der Waals surface area contributed by atoms with Gasteiger partial charge in [-0.3, -0.25) is 14.4 Å². The van der Waals surface area contributed by atoms with Crippen molar-refractivity contribution in [2.24, 2.45) is 5.92 Å². The van der Waals surface area contributed by atoms with Crippen LogP contribution in [0.5, 0.6) is 0 Å². The maximum atomic E-state index is 12.8. The Bertz CT molecular complexity index is 872. The van der Waals surface area contributed by atoms with Crippen molar-refractivity contribution >= 4 is 17.9 Å². The Balaban J connectivity index is 4.30. The average molecular weight is 821 g/mol. The van der Waals surface area contributed by atoms with Gasteiger partial charge in [0.1, 0.15) is 13.2 Å². The average Bonchev–Trinajstić information content (AvgIpc) is 3.21. The van der Waals surface area contributed by atoms with Crippen LogP contribution in [0.3, 0.4) is 0 Å². The smallest absolute Gasteiger partial charge is 0.306 e. The van der Waals surface area contributed by atoms with Crippen molar-refractivity contribution in [3.8, 4) is 0 Å². The lowest BCUT2D eigenvalue weighted by Crippen LogP contribution is -2.30. The summed E-state index contributed by atoms with van der Waals surface area (Å²) < 4.78 is 16.8. The SMILES string of the molecule is CCCCCCCCCCCCCCCCCC(=O)OC[C@@H](COC(=O)CCCCCCCCCCCCCC)OC(=O)CCCCCCCCCCCCC(C)C. The molecule has 0 saturated carbocycles. The van der Waals surface area contributed by atoms with Crippen molar-refractivity contribution < 1.29 is 28.6 Å². The first-order chi connectivity index (χ1) is 28.4. The predicted octanol–water partition coefficient (Wildman–Crippen LogP) is 16.7. The molecular weight excluding hydrogens is 721 g/mol. The lowest BCUT2D eigenvalue weighted by atomic mass is 10.0. The molecule has 0 aromatic heterocycles. The molecule has 0 N–H and O–H groups in total. The zero-order chi connectivity index (χ0) is 42.4. The van der Waals surface area contributed by atoms with Crippen LogP contribution in [-0.2, 0) is 28.6 Å². The fourth-order valence-electron chi connectivity index (χ4n) is 7.86. The highest BCUT2D eigenvalue weighted by Gasteiger charge is 2.19. The Morgan fingerprint density at radius 1 is 0.328 bits per heavy atom. The summed E-state index contributed by atoms with van der Waals surface area (Å²) in [6.07, 6.45) is 48.0. The van der Waals surface area contributed by atoms with Gasteiger partial charge in [0.2, 0.25) is 0 Å². The minimum Gasteiger partial charge on any atom is -0.462 e. The van der Waals surface area contributed by atoms with Crippen LogP contribution in [0, 0.1) is 5.92 Å². The van der Waals surface area contributed by atoms with Crippen LogP contribution >= 0.6 is 0 Å². The number of unbranched alkanes of at least 4 members (excludes halogenated alkanes) is 34. The van der Waals surface area contributed by atoms with Crippen molar-refractivity contribution in [2.75, 3.05) is 13.2 Å². The van der Waals surface area contributed by atoms with E-state index in [1.165, 1.54) is 186 Å². The van der Waals surface area contributed by atoms with E-state index in [9.17, 15) is 14.4 Å². The lowest BCUT2D eigenvalue weighted by Gasteiger charge is -2.18. The van der Waals surface area contributed by atoms with E-state index in [2.05, 4.69) is 27.7 Å². The topological polar surface area (TPSA) is 78.9 Å². The molecule has 0 aromatic rings. The molecule has 0 rings (SSSR count). The van der Waals surface area contributed by atoms with E-state index >= 15 is 0 Å². The van der Waals surface area contributed by atoms with Gasteiger partial charge in [-0.05, 0) is 25.2 Å². The summed E-state index contributed by atoms with van der Waals surface area (Å²) in [5, 5.41) is 0. The van der Waals surface area contributed by atoms with Crippen LogP contribution in [0.4, 0.5) is 0 Å². The molecule has 0 bridgehead atoms. The Kier molecular flexibility index (Phi) is 45.2. The zero-order valence-electron chi connectivity index (χ0n) is 39.5. The third-order valence-corrected chi connectivity index (χ3v) is 11.8. The highest BCUT2D eigenvalue weighted by Crippen LogP contribution is 2.17. The van der Waals surface area contributed by atoms with Gasteiger partial charge in [-0.15, -0.1) is 0 Å². The molecule has 6 nitrogen and oxygen atoms in total. The maximum Gasteiger partial charge on any atom is 0.306 e. The molecule has 0 spiro atoms. The van der Waals surface area contributed by atoms with Crippen molar-refractivity contribution in [3.63, 3.8) is 0 Å². The number of carbonyl (C=O) groups is 3. The summed E-state index contributed by atoms with van der Waals surface area (Å²) in [5.74, 6) is -0.0285. The summed E-state index contributed by atoms with van der Waals surface area (Å²) in [4.78, 5) is 37.9. The summed E-state index contributed by atoms with van der Waals surface area (Å²) in [6, 6.07) is 0. The van der Waals surface area contributed by atoms with Gasteiger partial charge >= 0.3 is 17.9 Å². The first-order valence-corrected chi connectivity index (χ1v) is 25.9. The standard InChI is InChI=1S/C52H100O6/c1-5-7-9-11-13-15-17-19-20-21-23-28-32-36-40-44-51(54)57-47-49(46-56-50(53)43-39-35-31-27-22-18-16-14-12-10-8-6-2)58-52(55)45-41-37-33-29-25-24-26-30-34-38-42-48(3)4/h48-49H,5-47H2,1-4H3/t49-/m1/s1. The second-order valence-electron chi connectivity index (χ2n) is 18.3. The molecule has 0 aliphatic heterocycles. The molecule has 1 atom stereocenters. The Morgan fingerprint density at radius 3 is 0.845 bits per heavy atom. The molecule has 0 aromatic carbocycles. The third-order valence-electron chi connectivity index (χ3n) is 11.8. The second kappa shape index (κ2) is 46.5. The van der Waals surface area contributed by atoms with Crippen molar-refractivity contribution in [1.29, 1.82) is 0 Å². The summed E-state index contributed by atoms with van der Waals surface area (Å²) in [5.41, 5.74) is 0. The maximum absolute atomic E-state index is 12.8. The summed E-state index contributed by atoms with van der Waals surface area (Å²) >= 11 is 0. The first kappa shape index (κ1) is 56.4. The van der Waals surface area contributed by atoms with Gasteiger partial charge in [0.25, 0.3) is 0 Å². The molecular formula is C52H100O6. The van der Waals surface area contributed by atoms with Gasteiger partial charge in [0.15, 0.2) is 6.10 Å². The quantitative estimate of drug-likeness (QED) is 0.0346. The van der Waals surface area contributed by atoms with E-state index in [0.717, 1.165) is 63.7 Å². The normalized spacial score (nSPS) is 11.9. The molecule has 0 radical (unpaired) electrons. The van der Waals surface area contributed by atoms with Gasteiger partial charge in [0, 0.05) is 19.3 Å². The van der Waals surface area contributed by atoms with E-state index in [-0.39, 0.29) is 31.1 Å². The highest BCUT2D eigenvalue weighted by atomic mass is 16.6. The van der Waals surface area contributed by atoms with E-state index in [1.807, 2.05) is 0 Å². The van der Waals surface area contributed by atoms with Gasteiger partial charge in [0.05, 0.1) is 0 Å². The molecule has 0 unspecified atom stereocenters. The van der Waals surface area contributed by atoms with Gasteiger partial charge in [-0.2, -0.15) is 0 Å². The van der Waals surface area contributed by atoms with Crippen molar-refractivity contribution in [3.05, 3.63) is 0 Å². The molecule has 0 saturated heterocycles. The molecule has 0 amide bonds. The molecule has 58 heavy (non-hydrogen) atoms. The van der Waals surface area contributed by atoms with E-state index in [4.69, 9.17) is 14.2 Å². The first-order valence-electron chi connectivity index (χ1n) is 25.9. The van der Waals surface area contributed by atoms with Crippen molar-refractivity contribution in [2.45, 2.75) is 297 Å². The lowest BCUT2D eigenvalue weighted by molar-refractivity contribution is -0.167. The number of rotatable bonds is 47. The van der Waals surface area contributed by atoms with Gasteiger partial charge in [-0.1, -0.05) is 252 Å². The molecule has 6 heteroatoms. The fraction of sp³-hybridized carbons (Fsp3) is 0.942. The fourth-order valence-corrected chi connectivity index (χ4v) is 7.86. The van der Waals surface area contributed by atoms with Crippen LogP contribution in [0.25, 0.3) is 0 Å². The molecule has 0 fully saturated rings. The zero-order valence-corrected chi connectivity index (χ0v) is 39.5. The number of ether oxygens (including phenoxy) is 3. The van der Waals surface area contributed by atoms with E-state index < -0.39 is 6.10 Å². The van der Waals surface area contributed by atoms with E-state index in [1.54, 1.807) is 0 Å². The van der Waals surface area contributed by atoms with Crippen LogP contribution < -0.4 is 0 Å². The monoisotopic (exact) mass is 821 g/mol. The Labute approximate surface area is 361 Å². The summed E-state index contributed by atoms with van der Waals surface area (Å²) in [7, 11) is 0. The number of esters is 3. The largest absolute Gasteiger partial charge is 0.462 e. The van der Waals surface area contributed by atoms with Crippen LogP contribution in [-0.4, -0.2) is 37.2 Å². The van der Waals surface area contributed by atoms with Crippen LogP contribution in [0.15, 0.2) is 0 Å². The predicted molar refractivity (Wildman–Crippen MR) is 247 cm³/mol. The molecule has 0 aliphatic carbocycles. The molecule has 0 aliphatic rings. The third kappa shape index (κ3) is 45.5. The minimum atomic E-state index is -0.760. The Morgan fingerprint density at radius 2 is 0.569 bits per heavy atom. The van der Waals surface area contributed by atoms with Gasteiger partial charge < -0.3 is 14.2 Å². The number of carbonyl (C=O) groups excluding carboxylic acids is 3. The molecule has 0 heterocycles. The van der Waals surface area contributed by atoms with Crippen molar-refractivity contribution in [1.82, 2.24) is 0 Å². The van der Waals surface area contributed by atoms with Crippen LogP contribution in [0.1, 0.15) is 291 Å².